The Balaban J connectivity index is 0.000000192. The number of carbonyl (C=O) groups excluding carboxylic acids is 1. The number of hydrogen-bond acceptors (Lipinski definition) is 6. The Kier molecular flexibility index (Phi) is 10.4. The summed E-state index contributed by atoms with van der Waals surface area (Å²) in [6.45, 7) is 0.174. The number of hydroxylamine groups is 1. The fourth-order valence-corrected chi connectivity index (χ4v) is 5.06. The number of rotatable bonds is 2. The lowest BCUT2D eigenvalue weighted by Gasteiger charge is -2.11. The molecule has 2 heterocycles. The Morgan fingerprint density at radius 1 is 0.907 bits per heavy atom. The van der Waals surface area contributed by atoms with E-state index < -0.39 is 12.1 Å². The van der Waals surface area contributed by atoms with Crippen LogP contribution in [0.1, 0.15) is 22.3 Å². The zero-order valence-corrected chi connectivity index (χ0v) is 25.7. The number of aliphatic imine (C=N–C) groups is 2. The molecule has 1 amide bonds. The van der Waals surface area contributed by atoms with Gasteiger partial charge in [0.2, 0.25) is 18.5 Å². The number of carbonyl (C=O) groups is 1. The first-order valence-corrected chi connectivity index (χ1v) is 13.9. The third-order valence-electron chi connectivity index (χ3n) is 6.46. The number of amides is 1. The van der Waals surface area contributed by atoms with Crippen LogP contribution in [0.25, 0.3) is 0 Å². The van der Waals surface area contributed by atoms with Gasteiger partial charge in [-0.15, -0.1) is 12.4 Å². The van der Waals surface area contributed by atoms with Crippen LogP contribution in [0.2, 0.25) is 15.1 Å². The summed E-state index contributed by atoms with van der Waals surface area (Å²) in [5.41, 5.74) is 5.10. The van der Waals surface area contributed by atoms with Gasteiger partial charge in [0.25, 0.3) is 5.91 Å². The van der Waals surface area contributed by atoms with Crippen molar-refractivity contribution in [2.45, 2.75) is 6.23 Å². The molecular weight excluding hydrogens is 632 g/mol. The van der Waals surface area contributed by atoms with Crippen molar-refractivity contribution in [2.75, 3.05) is 18.9 Å². The number of nitrogens with one attached hydrogen (secondary N) is 2. The lowest BCUT2D eigenvalue weighted by Crippen LogP contribution is -2.29. The van der Waals surface area contributed by atoms with Crippen LogP contribution in [0.5, 0.6) is 0 Å². The van der Waals surface area contributed by atoms with Crippen molar-refractivity contribution in [1.82, 2.24) is 5.32 Å². The zero-order valence-electron chi connectivity index (χ0n) is 22.6. The number of halogens is 4. The van der Waals surface area contributed by atoms with Crippen LogP contribution >= 0.6 is 47.2 Å². The highest BCUT2D eigenvalue weighted by Crippen LogP contribution is 2.30. The number of amidine groups is 1. The fourth-order valence-electron chi connectivity index (χ4n) is 4.49. The fraction of sp³-hybridized carbons (Fsp3) is 0.0968. The van der Waals surface area contributed by atoms with E-state index in [-0.39, 0.29) is 19.0 Å². The van der Waals surface area contributed by atoms with Gasteiger partial charge >= 0.3 is 0 Å². The molecule has 0 bridgehead atoms. The van der Waals surface area contributed by atoms with E-state index in [9.17, 15) is 15.1 Å². The quantitative estimate of drug-likeness (QED) is 0.169. The second-order valence-electron chi connectivity index (χ2n) is 9.23. The molecule has 0 fully saturated rings. The summed E-state index contributed by atoms with van der Waals surface area (Å²) in [7, 11) is 1.76. The minimum Gasteiger partial charge on any atom is -0.623 e. The molecule has 43 heavy (non-hydrogen) atoms. The van der Waals surface area contributed by atoms with Gasteiger partial charge in [-0.2, -0.15) is 4.74 Å². The predicted molar refractivity (Wildman–Crippen MR) is 176 cm³/mol. The minimum absolute atomic E-state index is 0. The van der Waals surface area contributed by atoms with Gasteiger partial charge in [0.05, 0.1) is 22.6 Å². The van der Waals surface area contributed by atoms with Gasteiger partial charge in [-0.3, -0.25) is 4.79 Å². The zero-order chi connectivity index (χ0) is 29.8. The molecule has 0 aromatic heterocycles. The first-order valence-electron chi connectivity index (χ1n) is 12.8. The molecule has 0 aliphatic carbocycles. The Hall–Kier alpha value is -3.92. The number of nitrogens with zero attached hydrogens (tertiary/aromatic N) is 3. The normalized spacial score (nSPS) is 15.6. The number of likely N-dealkylation sites (N-methyl/N-ethyl adjacent to an activating group) is 1. The van der Waals surface area contributed by atoms with Crippen LogP contribution in [-0.2, 0) is 4.79 Å². The van der Waals surface area contributed by atoms with Crippen LogP contribution in [0.4, 0.5) is 11.4 Å². The van der Waals surface area contributed by atoms with E-state index in [1.54, 1.807) is 61.6 Å². The Bertz CT molecular complexity index is 1760. The average Bonchev–Trinajstić information content (AvgIpc) is 3.20. The van der Waals surface area contributed by atoms with E-state index >= 15 is 0 Å². The van der Waals surface area contributed by atoms with Gasteiger partial charge in [-0.25, -0.2) is 9.98 Å². The van der Waals surface area contributed by atoms with Crippen molar-refractivity contribution >= 4 is 81.8 Å². The summed E-state index contributed by atoms with van der Waals surface area (Å²) in [6, 6.07) is 27.0. The molecule has 0 saturated carbocycles. The van der Waals surface area contributed by atoms with Crippen LogP contribution in [-0.4, -0.2) is 52.8 Å². The predicted octanol–water partition coefficient (Wildman–Crippen LogP) is 6.47. The van der Waals surface area contributed by atoms with Crippen molar-refractivity contribution in [3.63, 3.8) is 0 Å². The Labute approximate surface area is 269 Å². The summed E-state index contributed by atoms with van der Waals surface area (Å²) in [5, 5.41) is 29.6. The molecule has 4 aromatic rings. The molecule has 1 atom stereocenters. The number of fused-ring (bicyclic) bond motifs is 2. The van der Waals surface area contributed by atoms with Gasteiger partial charge in [0, 0.05) is 38.8 Å². The molecule has 0 radical (unpaired) electrons. The second-order valence-corrected chi connectivity index (χ2v) is 10.5. The van der Waals surface area contributed by atoms with Gasteiger partial charge < -0.3 is 20.9 Å². The van der Waals surface area contributed by atoms with Crippen LogP contribution in [0.15, 0.2) is 101 Å². The third-order valence-corrected chi connectivity index (χ3v) is 7.26. The Morgan fingerprint density at radius 3 is 2.26 bits per heavy atom. The summed E-state index contributed by atoms with van der Waals surface area (Å²) in [5.74, 6) is 0.0279. The van der Waals surface area contributed by atoms with Crippen LogP contribution in [0, 0.1) is 5.21 Å². The minimum atomic E-state index is -1.50. The molecule has 220 valence electrons. The van der Waals surface area contributed by atoms with E-state index in [0.29, 0.717) is 49.1 Å². The molecule has 12 heteroatoms. The van der Waals surface area contributed by atoms with Crippen molar-refractivity contribution in [1.29, 1.82) is 0 Å². The number of hydrogen-bond donors (Lipinski definition) is 3. The molecule has 0 spiro atoms. The van der Waals surface area contributed by atoms with Gasteiger partial charge in [-0.05, 0) is 54.6 Å². The summed E-state index contributed by atoms with van der Waals surface area (Å²) >= 11 is 18.3. The molecule has 2 aliphatic heterocycles. The average molecular weight is 657 g/mol. The number of anilines is 1. The van der Waals surface area contributed by atoms with Crippen molar-refractivity contribution < 1.29 is 14.6 Å². The number of benzene rings is 4. The monoisotopic (exact) mass is 655 g/mol. The lowest BCUT2D eigenvalue weighted by atomic mass is 10.0. The second kappa shape index (κ2) is 14.0. The maximum absolute atomic E-state index is 12.6. The molecule has 0 saturated heterocycles. The molecule has 3 N–H and O–H groups in total. The highest BCUT2D eigenvalue weighted by Gasteiger charge is 2.26. The van der Waals surface area contributed by atoms with Gasteiger partial charge in [-0.1, -0.05) is 71.2 Å². The molecule has 1 unspecified atom stereocenters. The Morgan fingerprint density at radius 2 is 1.56 bits per heavy atom. The third kappa shape index (κ3) is 7.18. The number of benzodiazepines with no additional fused rings is 1. The van der Waals surface area contributed by atoms with E-state index in [4.69, 9.17) is 34.8 Å². The van der Waals surface area contributed by atoms with E-state index in [1.807, 2.05) is 36.4 Å². The summed E-state index contributed by atoms with van der Waals surface area (Å²) in [6.07, 6.45) is -1.50. The lowest BCUT2D eigenvalue weighted by molar-refractivity contribution is -0.439. The highest BCUT2D eigenvalue weighted by atomic mass is 35.5. The largest absolute Gasteiger partial charge is 0.623 e. The van der Waals surface area contributed by atoms with Crippen molar-refractivity contribution in [3.8, 4) is 0 Å². The van der Waals surface area contributed by atoms with E-state index in [1.165, 1.54) is 0 Å². The molecule has 4 aromatic carbocycles. The summed E-state index contributed by atoms with van der Waals surface area (Å²) < 4.78 is 0.951. The standard InChI is InChI=1S/C16H14ClN3O.C15H10Cl2N2O2.ClH/c1-18-15-10-20(21)16(11-5-3-2-4-6-11)13-9-12(17)7-8-14(13)19-15;16-8-5-6-12-10(7-8)13(19-15(21)14(20)18-12)9-3-1-2-4-11(9)17;/h2-9H,10H2,1H3,(H,18,19);1-7,15,21H,(H,18,20);1H. The van der Waals surface area contributed by atoms with Gasteiger partial charge in [0.15, 0.2) is 5.84 Å². The first kappa shape index (κ1) is 32.0. The summed E-state index contributed by atoms with van der Waals surface area (Å²) in [4.78, 5) is 20.4. The maximum atomic E-state index is 12.6. The van der Waals surface area contributed by atoms with Crippen LogP contribution < -0.4 is 10.6 Å². The molecule has 2 aliphatic rings. The maximum Gasteiger partial charge on any atom is 0.276 e. The number of aliphatic hydroxyl groups is 1. The van der Waals surface area contributed by atoms with Crippen molar-refractivity contribution in [2.24, 2.45) is 9.98 Å². The van der Waals surface area contributed by atoms with E-state index in [2.05, 4.69) is 20.6 Å². The highest BCUT2D eigenvalue weighted by molar-refractivity contribution is 6.37. The molecule has 6 rings (SSSR count). The first-order chi connectivity index (χ1) is 20.2. The number of aliphatic hydroxyl groups excluding tert-OH is 1. The van der Waals surface area contributed by atoms with E-state index in [0.717, 1.165) is 21.6 Å². The van der Waals surface area contributed by atoms with Crippen LogP contribution in [0.3, 0.4) is 0 Å². The molecule has 8 nitrogen and oxygen atoms in total. The van der Waals surface area contributed by atoms with Crippen molar-refractivity contribution in [3.05, 3.63) is 134 Å². The molecular formula is C31H25Cl4N5O3. The van der Waals surface area contributed by atoms with Gasteiger partial charge in [0.1, 0.15) is 0 Å². The SMILES string of the molecule is CNC1=Nc2ccc(Cl)cc2C(c2ccccc2)=[N+]([O-])C1.Cl.O=C1Nc2ccc(Cl)cc2C(c2ccccc2Cl)=NC1O. The topological polar surface area (TPSA) is 112 Å². The smallest absolute Gasteiger partial charge is 0.276 e.